The Morgan fingerprint density at radius 2 is 2.00 bits per heavy atom. The maximum Gasteiger partial charge on any atom is 0.193 e. The number of hydrogen-bond donors (Lipinski definition) is 1. The largest absolute Gasteiger partial charge is 0.381 e. The Labute approximate surface area is 172 Å². The summed E-state index contributed by atoms with van der Waals surface area (Å²) < 4.78 is 18.9. The number of likely N-dealkylation sites (tertiary alicyclic amines) is 1. The van der Waals surface area contributed by atoms with Crippen LogP contribution < -0.4 is 5.32 Å². The highest BCUT2D eigenvalue weighted by Crippen LogP contribution is 2.43. The topological polar surface area (TPSA) is 36.9 Å². The molecule has 1 unspecified atom stereocenters. The van der Waals surface area contributed by atoms with Crippen LogP contribution in [0.5, 0.6) is 0 Å². The molecular formula is C20H29FIN3O. The predicted octanol–water partition coefficient (Wildman–Crippen LogP) is 3.55. The monoisotopic (exact) mass is 473 g/mol. The Morgan fingerprint density at radius 1 is 1.23 bits per heavy atom. The lowest BCUT2D eigenvalue weighted by molar-refractivity contribution is 0.156. The van der Waals surface area contributed by atoms with Gasteiger partial charge in [0.1, 0.15) is 5.82 Å². The van der Waals surface area contributed by atoms with E-state index in [4.69, 9.17) is 4.74 Å². The van der Waals surface area contributed by atoms with Crippen LogP contribution in [0.2, 0.25) is 0 Å². The van der Waals surface area contributed by atoms with E-state index in [9.17, 15) is 4.39 Å². The fourth-order valence-electron chi connectivity index (χ4n) is 4.64. The zero-order chi connectivity index (χ0) is 17.3. The highest BCUT2D eigenvalue weighted by molar-refractivity contribution is 14.0. The average Bonchev–Trinajstić information content (AvgIpc) is 3.22. The summed E-state index contributed by atoms with van der Waals surface area (Å²) in [6, 6.07) is 7.04. The number of nitrogens with zero attached hydrogens (tertiary/aromatic N) is 2. The summed E-state index contributed by atoms with van der Waals surface area (Å²) in [6.07, 6.45) is 5.90. The lowest BCUT2D eigenvalue weighted by atomic mass is 9.64. The van der Waals surface area contributed by atoms with Crippen LogP contribution in [0.15, 0.2) is 29.3 Å². The molecular weight excluding hydrogens is 444 g/mol. The molecule has 4 rings (SSSR count). The van der Waals surface area contributed by atoms with E-state index in [0.29, 0.717) is 5.41 Å². The normalized spacial score (nSPS) is 27.3. The van der Waals surface area contributed by atoms with E-state index in [-0.39, 0.29) is 35.2 Å². The second-order valence-corrected chi connectivity index (χ2v) is 8.02. The molecule has 144 valence electrons. The Bertz CT molecular complexity index is 639. The Kier molecular flexibility index (Phi) is 6.11. The van der Waals surface area contributed by atoms with Gasteiger partial charge in [-0.05, 0) is 43.4 Å². The first kappa shape index (κ1) is 19.9. The van der Waals surface area contributed by atoms with Crippen molar-refractivity contribution < 1.29 is 9.13 Å². The van der Waals surface area contributed by atoms with E-state index in [2.05, 4.69) is 15.2 Å². The van der Waals surface area contributed by atoms with Gasteiger partial charge in [0.25, 0.3) is 0 Å². The lowest BCUT2D eigenvalue weighted by Gasteiger charge is -2.43. The van der Waals surface area contributed by atoms with Crippen molar-refractivity contribution in [2.75, 3.05) is 39.9 Å². The number of halogens is 2. The molecule has 0 amide bonds. The summed E-state index contributed by atoms with van der Waals surface area (Å²) in [5, 5.41) is 3.61. The van der Waals surface area contributed by atoms with Crippen LogP contribution in [0, 0.1) is 11.2 Å². The summed E-state index contributed by atoms with van der Waals surface area (Å²) in [4.78, 5) is 6.91. The van der Waals surface area contributed by atoms with Gasteiger partial charge in [-0.15, -0.1) is 24.0 Å². The van der Waals surface area contributed by atoms with Crippen molar-refractivity contribution in [3.05, 3.63) is 35.6 Å². The number of benzene rings is 1. The molecule has 0 radical (unpaired) electrons. The quantitative estimate of drug-likeness (QED) is 0.415. The summed E-state index contributed by atoms with van der Waals surface area (Å²) in [5.74, 6) is 0.834. The van der Waals surface area contributed by atoms with Crippen LogP contribution in [0.3, 0.4) is 0 Å². The lowest BCUT2D eigenvalue weighted by Crippen LogP contribution is -2.50. The van der Waals surface area contributed by atoms with Gasteiger partial charge >= 0.3 is 0 Å². The van der Waals surface area contributed by atoms with Gasteiger partial charge in [-0.3, -0.25) is 4.99 Å². The van der Waals surface area contributed by atoms with Crippen LogP contribution in [-0.4, -0.2) is 50.8 Å². The highest BCUT2D eigenvalue weighted by atomic mass is 127. The summed E-state index contributed by atoms with van der Waals surface area (Å²) in [7, 11) is 1.86. The Morgan fingerprint density at radius 3 is 2.58 bits per heavy atom. The molecule has 1 aromatic carbocycles. The van der Waals surface area contributed by atoms with Gasteiger partial charge in [-0.25, -0.2) is 4.39 Å². The molecule has 2 saturated heterocycles. The first-order chi connectivity index (χ1) is 12.1. The molecule has 1 atom stereocenters. The molecule has 2 aliphatic heterocycles. The second kappa shape index (κ2) is 8.00. The molecule has 3 aliphatic rings. The van der Waals surface area contributed by atoms with Gasteiger partial charge < -0.3 is 15.0 Å². The van der Waals surface area contributed by atoms with Crippen molar-refractivity contribution in [3.8, 4) is 0 Å². The SMILES string of the molecule is CN=C(NCC1(c2ccc(F)cc2)CCC1)N1CCC2(CCOC2)C1.I. The number of ether oxygens (including phenoxy) is 1. The Hall–Kier alpha value is -0.890. The van der Waals surface area contributed by atoms with Crippen molar-refractivity contribution in [2.45, 2.75) is 37.5 Å². The third-order valence-corrected chi connectivity index (χ3v) is 6.49. The molecule has 1 aromatic rings. The second-order valence-electron chi connectivity index (χ2n) is 8.02. The van der Waals surface area contributed by atoms with Crippen molar-refractivity contribution in [3.63, 3.8) is 0 Å². The Balaban J connectivity index is 0.00000196. The van der Waals surface area contributed by atoms with Gasteiger partial charge in [0.2, 0.25) is 0 Å². The number of hydrogen-bond acceptors (Lipinski definition) is 2. The first-order valence-electron chi connectivity index (χ1n) is 9.44. The number of aliphatic imine (C=N–C) groups is 1. The van der Waals surface area contributed by atoms with Gasteiger partial charge in [0.05, 0.1) is 6.61 Å². The smallest absolute Gasteiger partial charge is 0.193 e. The summed E-state index contributed by atoms with van der Waals surface area (Å²) in [5.41, 5.74) is 1.70. The molecule has 1 aliphatic carbocycles. The maximum atomic E-state index is 13.3. The summed E-state index contributed by atoms with van der Waals surface area (Å²) >= 11 is 0. The van der Waals surface area contributed by atoms with Crippen molar-refractivity contribution in [1.82, 2.24) is 10.2 Å². The van der Waals surface area contributed by atoms with Crippen LogP contribution >= 0.6 is 24.0 Å². The van der Waals surface area contributed by atoms with Crippen LogP contribution in [0.1, 0.15) is 37.7 Å². The van der Waals surface area contributed by atoms with E-state index in [1.165, 1.54) is 24.8 Å². The zero-order valence-corrected chi connectivity index (χ0v) is 17.8. The standard InChI is InChI=1S/C20H28FN3O.HI/c1-22-18(24-11-9-19(14-24)10-12-25-15-19)23-13-20(7-2-8-20)16-3-5-17(21)6-4-16;/h3-6H,2,7-15H2,1H3,(H,22,23);1H. The molecule has 2 heterocycles. The highest BCUT2D eigenvalue weighted by Gasteiger charge is 2.43. The molecule has 1 N–H and O–H groups in total. The average molecular weight is 473 g/mol. The van der Waals surface area contributed by atoms with Gasteiger partial charge in [-0.2, -0.15) is 0 Å². The van der Waals surface area contributed by atoms with E-state index in [1.807, 2.05) is 19.2 Å². The molecule has 1 saturated carbocycles. The van der Waals surface area contributed by atoms with Crippen molar-refractivity contribution >= 4 is 29.9 Å². The molecule has 0 aromatic heterocycles. The minimum absolute atomic E-state index is 0. The first-order valence-corrected chi connectivity index (χ1v) is 9.44. The minimum atomic E-state index is -0.164. The van der Waals surface area contributed by atoms with Crippen molar-refractivity contribution in [1.29, 1.82) is 0 Å². The number of rotatable bonds is 3. The van der Waals surface area contributed by atoms with Crippen LogP contribution in [0.4, 0.5) is 4.39 Å². The third-order valence-electron chi connectivity index (χ3n) is 6.49. The van der Waals surface area contributed by atoms with E-state index < -0.39 is 0 Å². The van der Waals surface area contributed by atoms with Crippen molar-refractivity contribution in [2.24, 2.45) is 10.4 Å². The van der Waals surface area contributed by atoms with Gasteiger partial charge in [0, 0.05) is 44.1 Å². The number of nitrogens with one attached hydrogen (secondary N) is 1. The molecule has 3 fully saturated rings. The zero-order valence-electron chi connectivity index (χ0n) is 15.5. The molecule has 4 nitrogen and oxygen atoms in total. The molecule has 1 spiro atoms. The van der Waals surface area contributed by atoms with E-state index in [1.54, 1.807) is 12.1 Å². The van der Waals surface area contributed by atoms with Gasteiger partial charge in [0.15, 0.2) is 5.96 Å². The molecule has 6 heteroatoms. The van der Waals surface area contributed by atoms with E-state index in [0.717, 1.165) is 51.6 Å². The molecule has 0 bridgehead atoms. The predicted molar refractivity (Wildman–Crippen MR) is 113 cm³/mol. The fraction of sp³-hybridized carbons (Fsp3) is 0.650. The molecule has 26 heavy (non-hydrogen) atoms. The maximum absolute atomic E-state index is 13.3. The minimum Gasteiger partial charge on any atom is -0.381 e. The van der Waals surface area contributed by atoms with E-state index >= 15 is 0 Å². The fourth-order valence-corrected chi connectivity index (χ4v) is 4.64. The number of guanidine groups is 1. The van der Waals surface area contributed by atoms with Crippen LogP contribution in [0.25, 0.3) is 0 Å². The van der Waals surface area contributed by atoms with Crippen LogP contribution in [-0.2, 0) is 10.2 Å². The third kappa shape index (κ3) is 3.72. The van der Waals surface area contributed by atoms with Gasteiger partial charge in [-0.1, -0.05) is 18.6 Å². The summed E-state index contributed by atoms with van der Waals surface area (Å²) in [6.45, 7) is 4.74.